The van der Waals surface area contributed by atoms with E-state index >= 15 is 0 Å². The van der Waals surface area contributed by atoms with Crippen molar-refractivity contribution in [1.29, 1.82) is 0 Å². The molecule has 1 aromatic heterocycles. The van der Waals surface area contributed by atoms with Crippen LogP contribution in [0.1, 0.15) is 12.5 Å². The molecule has 0 saturated heterocycles. The number of nitrogens with one attached hydrogen (secondary N) is 2. The van der Waals surface area contributed by atoms with Crippen LogP contribution in [0.5, 0.6) is 0 Å². The third-order valence-corrected chi connectivity index (χ3v) is 3.46. The first-order valence-corrected chi connectivity index (χ1v) is 6.70. The van der Waals surface area contributed by atoms with Crippen LogP contribution in [0.15, 0.2) is 41.1 Å². The summed E-state index contributed by atoms with van der Waals surface area (Å²) in [6.45, 7) is 5.03. The summed E-state index contributed by atoms with van der Waals surface area (Å²) in [4.78, 5) is 4.21. The van der Waals surface area contributed by atoms with Crippen molar-refractivity contribution in [3.8, 4) is 0 Å². The van der Waals surface area contributed by atoms with E-state index in [4.69, 9.17) is 0 Å². The van der Waals surface area contributed by atoms with Crippen molar-refractivity contribution in [1.82, 2.24) is 4.98 Å². The normalized spacial score (nSPS) is 10.2. The van der Waals surface area contributed by atoms with Gasteiger partial charge in [-0.15, -0.1) is 0 Å². The maximum Gasteiger partial charge on any atom is 0.0591 e. The van der Waals surface area contributed by atoms with Gasteiger partial charge in [0, 0.05) is 16.7 Å². The fraction of sp³-hybridized carbons (Fsp3) is 0.214. The highest BCUT2D eigenvalue weighted by molar-refractivity contribution is 9.10. The zero-order valence-corrected chi connectivity index (χ0v) is 12.1. The van der Waals surface area contributed by atoms with Crippen LogP contribution in [0.25, 0.3) is 0 Å². The number of aryl methyl sites for hydroxylation is 1. The number of aromatic nitrogens is 1. The lowest BCUT2D eigenvalue weighted by atomic mass is 10.2. The van der Waals surface area contributed by atoms with Gasteiger partial charge in [0.25, 0.3) is 0 Å². The first-order valence-electron chi connectivity index (χ1n) is 5.91. The Labute approximate surface area is 116 Å². The second kappa shape index (κ2) is 5.87. The van der Waals surface area contributed by atoms with Gasteiger partial charge in [0.05, 0.1) is 23.8 Å². The van der Waals surface area contributed by atoms with Gasteiger partial charge >= 0.3 is 0 Å². The number of benzene rings is 1. The Bertz CT molecular complexity index is 540. The minimum atomic E-state index is 0.891. The van der Waals surface area contributed by atoms with Crippen LogP contribution in [0.3, 0.4) is 0 Å². The van der Waals surface area contributed by atoms with Crippen molar-refractivity contribution in [3.63, 3.8) is 0 Å². The van der Waals surface area contributed by atoms with Gasteiger partial charge in [-0.2, -0.15) is 0 Å². The summed E-state index contributed by atoms with van der Waals surface area (Å²) in [7, 11) is 0. The molecule has 3 nitrogen and oxygen atoms in total. The summed E-state index contributed by atoms with van der Waals surface area (Å²) in [6.07, 6.45) is 3.64. The van der Waals surface area contributed by atoms with Gasteiger partial charge in [-0.3, -0.25) is 4.98 Å². The van der Waals surface area contributed by atoms with Gasteiger partial charge in [0.2, 0.25) is 0 Å². The van der Waals surface area contributed by atoms with Gasteiger partial charge in [-0.1, -0.05) is 15.9 Å². The third kappa shape index (κ3) is 3.23. The predicted molar refractivity (Wildman–Crippen MR) is 80.6 cm³/mol. The molecule has 1 heterocycles. The summed E-state index contributed by atoms with van der Waals surface area (Å²) in [5.41, 5.74) is 4.27. The average molecular weight is 306 g/mol. The Kier molecular flexibility index (Phi) is 4.20. The zero-order chi connectivity index (χ0) is 13.0. The van der Waals surface area contributed by atoms with E-state index in [0.29, 0.717) is 0 Å². The van der Waals surface area contributed by atoms with Crippen molar-refractivity contribution in [2.45, 2.75) is 13.8 Å². The summed E-state index contributed by atoms with van der Waals surface area (Å²) < 4.78 is 1.12. The third-order valence-electron chi connectivity index (χ3n) is 2.57. The van der Waals surface area contributed by atoms with E-state index in [1.807, 2.05) is 30.6 Å². The molecule has 94 valence electrons. The van der Waals surface area contributed by atoms with E-state index in [2.05, 4.69) is 51.5 Å². The smallest absolute Gasteiger partial charge is 0.0591 e. The highest BCUT2D eigenvalue weighted by Gasteiger charge is 1.99. The van der Waals surface area contributed by atoms with Crippen molar-refractivity contribution in [3.05, 3.63) is 46.7 Å². The summed E-state index contributed by atoms with van der Waals surface area (Å²) in [5.74, 6) is 0. The molecule has 0 radical (unpaired) electrons. The first kappa shape index (κ1) is 12.9. The summed E-state index contributed by atoms with van der Waals surface area (Å²) in [6, 6.07) is 8.23. The number of anilines is 3. The molecule has 1 aromatic carbocycles. The van der Waals surface area contributed by atoms with Crippen LogP contribution in [-0.2, 0) is 0 Å². The largest absolute Gasteiger partial charge is 0.384 e. The van der Waals surface area contributed by atoms with Gasteiger partial charge in [0.1, 0.15) is 0 Å². The Morgan fingerprint density at radius 1 is 1.11 bits per heavy atom. The minimum absolute atomic E-state index is 0.891. The molecule has 0 bridgehead atoms. The number of nitrogens with zero attached hydrogens (tertiary/aromatic N) is 1. The van der Waals surface area contributed by atoms with E-state index in [0.717, 1.165) is 28.1 Å². The first-order chi connectivity index (χ1) is 8.69. The topological polar surface area (TPSA) is 37.0 Å². The van der Waals surface area contributed by atoms with Crippen molar-refractivity contribution in [2.24, 2.45) is 0 Å². The molecule has 2 aromatic rings. The van der Waals surface area contributed by atoms with Gasteiger partial charge in [-0.25, -0.2) is 0 Å². The fourth-order valence-corrected chi connectivity index (χ4v) is 1.94. The standard InChI is InChI=1S/C14H16BrN3/c1-3-17-12-7-13(9-16-8-12)18-11-4-5-14(15)10(2)6-11/h4-9,17-18H,3H2,1-2H3. The molecule has 0 aliphatic rings. The van der Waals surface area contributed by atoms with E-state index in [1.54, 1.807) is 0 Å². The van der Waals surface area contributed by atoms with Crippen LogP contribution in [0.2, 0.25) is 0 Å². The summed E-state index contributed by atoms with van der Waals surface area (Å²) in [5, 5.41) is 6.59. The molecular formula is C14H16BrN3. The molecule has 2 N–H and O–H groups in total. The van der Waals surface area contributed by atoms with Gasteiger partial charge in [-0.05, 0) is 43.7 Å². The Balaban J connectivity index is 2.17. The lowest BCUT2D eigenvalue weighted by molar-refractivity contribution is 1.19. The molecule has 18 heavy (non-hydrogen) atoms. The van der Waals surface area contributed by atoms with Crippen LogP contribution in [-0.4, -0.2) is 11.5 Å². The average Bonchev–Trinajstić information content (AvgIpc) is 2.35. The molecule has 0 saturated carbocycles. The molecule has 4 heteroatoms. The van der Waals surface area contributed by atoms with Crippen LogP contribution in [0.4, 0.5) is 17.1 Å². The molecule has 0 atom stereocenters. The van der Waals surface area contributed by atoms with Gasteiger partial charge < -0.3 is 10.6 Å². The van der Waals surface area contributed by atoms with Crippen LogP contribution < -0.4 is 10.6 Å². The van der Waals surface area contributed by atoms with Crippen LogP contribution >= 0.6 is 15.9 Å². The number of rotatable bonds is 4. The predicted octanol–water partition coefficient (Wildman–Crippen LogP) is 4.33. The highest BCUT2D eigenvalue weighted by Crippen LogP contribution is 2.23. The van der Waals surface area contributed by atoms with Gasteiger partial charge in [0.15, 0.2) is 0 Å². The second-order valence-electron chi connectivity index (χ2n) is 4.08. The lowest BCUT2D eigenvalue weighted by Gasteiger charge is -2.09. The SMILES string of the molecule is CCNc1cncc(Nc2ccc(Br)c(C)c2)c1. The number of hydrogen-bond acceptors (Lipinski definition) is 3. The number of pyridine rings is 1. The van der Waals surface area contributed by atoms with Crippen LogP contribution in [0, 0.1) is 6.92 Å². The number of halogens is 1. The molecule has 0 aliphatic carbocycles. The number of hydrogen-bond donors (Lipinski definition) is 2. The molecule has 0 aliphatic heterocycles. The Hall–Kier alpha value is -1.55. The molecule has 0 spiro atoms. The maximum absolute atomic E-state index is 4.21. The maximum atomic E-state index is 4.21. The monoisotopic (exact) mass is 305 g/mol. The Morgan fingerprint density at radius 3 is 2.61 bits per heavy atom. The van der Waals surface area contributed by atoms with Crippen molar-refractivity contribution >= 4 is 33.0 Å². The Morgan fingerprint density at radius 2 is 1.89 bits per heavy atom. The molecule has 0 amide bonds. The highest BCUT2D eigenvalue weighted by atomic mass is 79.9. The molecule has 2 rings (SSSR count). The van der Waals surface area contributed by atoms with E-state index in [1.165, 1.54) is 5.56 Å². The fourth-order valence-electron chi connectivity index (χ4n) is 1.70. The quantitative estimate of drug-likeness (QED) is 0.883. The molecule has 0 fully saturated rings. The lowest BCUT2D eigenvalue weighted by Crippen LogP contribution is -1.98. The van der Waals surface area contributed by atoms with E-state index in [-0.39, 0.29) is 0 Å². The van der Waals surface area contributed by atoms with E-state index < -0.39 is 0 Å². The van der Waals surface area contributed by atoms with E-state index in [9.17, 15) is 0 Å². The van der Waals surface area contributed by atoms with Crippen molar-refractivity contribution in [2.75, 3.05) is 17.2 Å². The molecule has 0 unspecified atom stereocenters. The zero-order valence-electron chi connectivity index (χ0n) is 10.5. The second-order valence-corrected chi connectivity index (χ2v) is 4.94. The molecular weight excluding hydrogens is 290 g/mol. The summed E-state index contributed by atoms with van der Waals surface area (Å²) >= 11 is 3.50. The minimum Gasteiger partial charge on any atom is -0.384 e. The van der Waals surface area contributed by atoms with Crippen molar-refractivity contribution < 1.29 is 0 Å².